The first-order chi connectivity index (χ1) is 9.27. The molecule has 1 aromatic heterocycles. The van der Waals surface area contributed by atoms with Gasteiger partial charge in [0.15, 0.2) is 0 Å². The minimum atomic E-state index is -0.905. The van der Waals surface area contributed by atoms with Gasteiger partial charge in [0.1, 0.15) is 0 Å². The van der Waals surface area contributed by atoms with E-state index in [1.165, 1.54) is 0 Å². The van der Waals surface area contributed by atoms with Crippen LogP contribution in [-0.4, -0.2) is 16.1 Å². The Hall–Kier alpha value is -2.68. The first-order valence-corrected chi connectivity index (χ1v) is 5.93. The monoisotopic (exact) mass is 249 g/mol. The highest BCUT2D eigenvalue weighted by atomic mass is 16.4. The van der Waals surface area contributed by atoms with Crippen LogP contribution in [0.3, 0.4) is 0 Å². The third-order valence-electron chi connectivity index (χ3n) is 3.15. The van der Waals surface area contributed by atoms with Crippen molar-refractivity contribution in [1.82, 2.24) is 4.98 Å². The van der Waals surface area contributed by atoms with Gasteiger partial charge in [-0.2, -0.15) is 0 Å². The van der Waals surface area contributed by atoms with Crippen LogP contribution in [0.1, 0.15) is 10.4 Å². The van der Waals surface area contributed by atoms with Gasteiger partial charge in [-0.05, 0) is 40.1 Å². The van der Waals surface area contributed by atoms with Crippen molar-refractivity contribution in [2.24, 2.45) is 0 Å². The van der Waals surface area contributed by atoms with Crippen LogP contribution in [0.2, 0.25) is 0 Å². The van der Waals surface area contributed by atoms with E-state index < -0.39 is 5.97 Å². The maximum atomic E-state index is 11.3. The van der Waals surface area contributed by atoms with Crippen molar-refractivity contribution in [2.45, 2.75) is 0 Å². The number of carboxylic acids is 1. The predicted molar refractivity (Wildman–Crippen MR) is 74.1 cm³/mol. The molecule has 1 N–H and O–H groups in total. The van der Waals surface area contributed by atoms with E-state index in [1.54, 1.807) is 18.5 Å². The Morgan fingerprint density at radius 1 is 0.895 bits per heavy atom. The molecule has 2 aromatic carbocycles. The Labute approximate surface area is 110 Å². The van der Waals surface area contributed by atoms with E-state index in [2.05, 4.69) is 4.98 Å². The summed E-state index contributed by atoms with van der Waals surface area (Å²) in [6, 6.07) is 14.9. The van der Waals surface area contributed by atoms with E-state index in [4.69, 9.17) is 0 Å². The van der Waals surface area contributed by atoms with Gasteiger partial charge in [0.25, 0.3) is 0 Å². The summed E-state index contributed by atoms with van der Waals surface area (Å²) in [4.78, 5) is 15.3. The molecule has 0 aliphatic heterocycles. The van der Waals surface area contributed by atoms with Gasteiger partial charge in [-0.25, -0.2) is 4.79 Å². The molecule has 0 atom stereocenters. The largest absolute Gasteiger partial charge is 0.478 e. The summed E-state index contributed by atoms with van der Waals surface area (Å²) in [5.41, 5.74) is 2.37. The Morgan fingerprint density at radius 2 is 1.58 bits per heavy atom. The van der Waals surface area contributed by atoms with Gasteiger partial charge in [-0.15, -0.1) is 0 Å². The molecule has 0 amide bonds. The van der Waals surface area contributed by atoms with E-state index in [9.17, 15) is 9.90 Å². The predicted octanol–water partition coefficient (Wildman–Crippen LogP) is 3.60. The van der Waals surface area contributed by atoms with Crippen LogP contribution in [0.25, 0.3) is 21.9 Å². The Morgan fingerprint density at radius 3 is 2.26 bits per heavy atom. The molecule has 3 heteroatoms. The van der Waals surface area contributed by atoms with Gasteiger partial charge in [-0.3, -0.25) is 4.98 Å². The highest BCUT2D eigenvalue weighted by molar-refractivity contribution is 6.08. The fraction of sp³-hybridized carbons (Fsp3) is 0. The lowest BCUT2D eigenvalue weighted by atomic mass is 9.95. The summed E-state index contributed by atoms with van der Waals surface area (Å²) in [7, 11) is 0. The normalized spacial score (nSPS) is 10.5. The number of nitrogens with zero attached hydrogens (tertiary/aromatic N) is 1. The number of hydrogen-bond acceptors (Lipinski definition) is 2. The quantitative estimate of drug-likeness (QED) is 0.754. The molecule has 0 aliphatic carbocycles. The fourth-order valence-corrected chi connectivity index (χ4v) is 2.27. The number of carboxylic acid groups (broad SMARTS) is 1. The number of hydrogen-bond donors (Lipinski definition) is 1. The smallest absolute Gasteiger partial charge is 0.336 e. The van der Waals surface area contributed by atoms with Gasteiger partial charge in [-0.1, -0.05) is 30.3 Å². The second kappa shape index (κ2) is 4.53. The van der Waals surface area contributed by atoms with Crippen LogP contribution in [0.4, 0.5) is 0 Å². The van der Waals surface area contributed by atoms with E-state index in [0.717, 1.165) is 21.9 Å². The second-order valence-electron chi connectivity index (χ2n) is 4.25. The number of aromatic carboxylic acids is 1. The first-order valence-electron chi connectivity index (χ1n) is 5.93. The molecular formula is C16H11NO2. The third kappa shape index (κ3) is 1.95. The second-order valence-corrected chi connectivity index (χ2v) is 4.25. The highest BCUT2D eigenvalue weighted by Crippen LogP contribution is 2.30. The Bertz CT molecular complexity index is 751. The van der Waals surface area contributed by atoms with Crippen molar-refractivity contribution in [1.29, 1.82) is 0 Å². The number of rotatable bonds is 2. The van der Waals surface area contributed by atoms with Crippen LogP contribution >= 0.6 is 0 Å². The minimum absolute atomic E-state index is 0.327. The number of aromatic nitrogens is 1. The summed E-state index contributed by atoms with van der Waals surface area (Å²) in [6.07, 6.45) is 3.46. The van der Waals surface area contributed by atoms with E-state index >= 15 is 0 Å². The van der Waals surface area contributed by atoms with Gasteiger partial charge >= 0.3 is 5.97 Å². The highest BCUT2D eigenvalue weighted by Gasteiger charge is 2.11. The van der Waals surface area contributed by atoms with Crippen molar-refractivity contribution in [2.75, 3.05) is 0 Å². The molecule has 0 saturated heterocycles. The molecular weight excluding hydrogens is 238 g/mol. The summed E-state index contributed by atoms with van der Waals surface area (Å²) in [6.45, 7) is 0. The van der Waals surface area contributed by atoms with E-state index in [1.807, 2.05) is 42.5 Å². The van der Waals surface area contributed by atoms with Crippen molar-refractivity contribution >= 4 is 16.7 Å². The first kappa shape index (κ1) is 11.4. The molecule has 19 heavy (non-hydrogen) atoms. The van der Waals surface area contributed by atoms with Crippen LogP contribution in [-0.2, 0) is 0 Å². The van der Waals surface area contributed by atoms with Gasteiger partial charge in [0, 0.05) is 12.4 Å². The average Bonchev–Trinajstić information content (AvgIpc) is 2.47. The van der Waals surface area contributed by atoms with Crippen molar-refractivity contribution in [3.05, 3.63) is 66.5 Å². The Balaban J connectivity index is 2.35. The zero-order valence-corrected chi connectivity index (χ0v) is 10.1. The lowest BCUT2D eigenvalue weighted by Gasteiger charge is -2.09. The lowest BCUT2D eigenvalue weighted by Crippen LogP contribution is -1.98. The number of pyridine rings is 1. The maximum absolute atomic E-state index is 11.3. The molecule has 92 valence electrons. The molecule has 0 saturated carbocycles. The molecule has 0 aliphatic rings. The fourth-order valence-electron chi connectivity index (χ4n) is 2.27. The lowest BCUT2D eigenvalue weighted by molar-refractivity contribution is 0.0699. The van der Waals surface area contributed by atoms with Crippen LogP contribution < -0.4 is 0 Å². The molecule has 0 bridgehead atoms. The summed E-state index contributed by atoms with van der Waals surface area (Å²) in [5.74, 6) is -0.905. The van der Waals surface area contributed by atoms with Crippen LogP contribution in [0.5, 0.6) is 0 Å². The SMILES string of the molecule is O=C(O)c1ccc(-c2ccncc2)c2ccccc12. The number of carbonyl (C=O) groups is 1. The van der Waals surface area contributed by atoms with Crippen LogP contribution in [0.15, 0.2) is 60.9 Å². The zero-order chi connectivity index (χ0) is 13.2. The molecule has 0 radical (unpaired) electrons. The van der Waals surface area contributed by atoms with Crippen molar-refractivity contribution in [3.8, 4) is 11.1 Å². The summed E-state index contributed by atoms with van der Waals surface area (Å²) in [5, 5.41) is 10.9. The zero-order valence-electron chi connectivity index (χ0n) is 10.1. The standard InChI is InChI=1S/C16H11NO2/c18-16(19)15-6-5-12(11-7-9-17-10-8-11)13-3-1-2-4-14(13)15/h1-10H,(H,18,19). The number of benzene rings is 2. The molecule has 0 spiro atoms. The van der Waals surface area contributed by atoms with Crippen molar-refractivity contribution in [3.63, 3.8) is 0 Å². The topological polar surface area (TPSA) is 50.2 Å². The minimum Gasteiger partial charge on any atom is -0.478 e. The van der Waals surface area contributed by atoms with Gasteiger partial charge < -0.3 is 5.11 Å². The average molecular weight is 249 g/mol. The van der Waals surface area contributed by atoms with E-state index in [0.29, 0.717) is 5.56 Å². The van der Waals surface area contributed by atoms with Gasteiger partial charge in [0.05, 0.1) is 5.56 Å². The Kier molecular flexibility index (Phi) is 2.72. The molecule has 0 unspecified atom stereocenters. The molecule has 3 rings (SSSR count). The van der Waals surface area contributed by atoms with Gasteiger partial charge in [0.2, 0.25) is 0 Å². The molecule has 3 aromatic rings. The third-order valence-corrected chi connectivity index (χ3v) is 3.15. The molecule has 1 heterocycles. The van der Waals surface area contributed by atoms with Crippen molar-refractivity contribution < 1.29 is 9.90 Å². The molecule has 0 fully saturated rings. The maximum Gasteiger partial charge on any atom is 0.336 e. The van der Waals surface area contributed by atoms with Crippen LogP contribution in [0, 0.1) is 0 Å². The molecule has 3 nitrogen and oxygen atoms in total. The number of fused-ring (bicyclic) bond motifs is 1. The summed E-state index contributed by atoms with van der Waals surface area (Å²) >= 11 is 0. The van der Waals surface area contributed by atoms with E-state index in [-0.39, 0.29) is 0 Å². The summed E-state index contributed by atoms with van der Waals surface area (Å²) < 4.78 is 0.